The summed E-state index contributed by atoms with van der Waals surface area (Å²) < 4.78 is 6.27. The van der Waals surface area contributed by atoms with Crippen molar-refractivity contribution in [2.75, 3.05) is 19.6 Å². The van der Waals surface area contributed by atoms with E-state index in [1.54, 1.807) is 0 Å². The van der Waals surface area contributed by atoms with Crippen molar-refractivity contribution in [3.8, 4) is 0 Å². The molecule has 0 spiro atoms. The first kappa shape index (κ1) is 16.8. The highest BCUT2D eigenvalue weighted by Gasteiger charge is 2.39. The van der Waals surface area contributed by atoms with Crippen LogP contribution in [0.3, 0.4) is 0 Å². The van der Waals surface area contributed by atoms with Crippen LogP contribution in [0.15, 0.2) is 0 Å². The monoisotopic (exact) mass is 334 g/mol. The Morgan fingerprint density at radius 3 is 2.04 bits per heavy atom. The van der Waals surface area contributed by atoms with Crippen LogP contribution in [-0.4, -0.2) is 59.6 Å². The second-order valence-electron chi connectivity index (χ2n) is 8.41. The molecule has 0 N–H and O–H groups in total. The molecule has 1 amide bonds. The van der Waals surface area contributed by atoms with Gasteiger partial charge in [-0.05, 0) is 38.5 Å². The number of likely N-dealkylation sites (tertiary alicyclic amines) is 2. The Morgan fingerprint density at radius 1 is 0.708 bits per heavy atom. The van der Waals surface area contributed by atoms with E-state index in [2.05, 4.69) is 9.80 Å². The third kappa shape index (κ3) is 3.65. The largest absolute Gasteiger partial charge is 0.365 e. The lowest BCUT2D eigenvalue weighted by Gasteiger charge is -2.39. The lowest BCUT2D eigenvalue weighted by molar-refractivity contribution is -0.144. The fraction of sp³-hybridized carbons (Fsp3) is 0.950. The van der Waals surface area contributed by atoms with E-state index < -0.39 is 0 Å². The van der Waals surface area contributed by atoms with Crippen molar-refractivity contribution in [3.05, 3.63) is 0 Å². The first-order chi connectivity index (χ1) is 11.8. The molecule has 1 atom stereocenters. The molecule has 4 rings (SSSR count). The van der Waals surface area contributed by atoms with Crippen LogP contribution < -0.4 is 0 Å². The predicted molar refractivity (Wildman–Crippen MR) is 94.9 cm³/mol. The molecule has 2 heterocycles. The van der Waals surface area contributed by atoms with Gasteiger partial charge in [0.05, 0.1) is 6.10 Å². The third-order valence-electron chi connectivity index (χ3n) is 6.88. The highest BCUT2D eigenvalue weighted by molar-refractivity contribution is 5.83. The second kappa shape index (κ2) is 7.74. The van der Waals surface area contributed by atoms with Gasteiger partial charge < -0.3 is 14.5 Å². The smallest absolute Gasteiger partial charge is 0.252 e. The molecule has 0 aromatic carbocycles. The van der Waals surface area contributed by atoms with E-state index in [1.165, 1.54) is 70.9 Å². The Hall–Kier alpha value is -0.610. The fourth-order valence-electron chi connectivity index (χ4n) is 5.44. The summed E-state index contributed by atoms with van der Waals surface area (Å²) in [7, 11) is 0. The molecule has 4 aliphatic rings. The Bertz CT molecular complexity index is 421. The molecule has 2 saturated carbocycles. The molecule has 2 aliphatic carbocycles. The first-order valence-electron chi connectivity index (χ1n) is 10.5. The zero-order chi connectivity index (χ0) is 16.4. The number of ether oxygens (including phenoxy) is 1. The van der Waals surface area contributed by atoms with Gasteiger partial charge in [-0.15, -0.1) is 0 Å². The van der Waals surface area contributed by atoms with Gasteiger partial charge in [-0.2, -0.15) is 0 Å². The van der Waals surface area contributed by atoms with Crippen LogP contribution >= 0.6 is 0 Å². The van der Waals surface area contributed by atoms with Crippen LogP contribution in [-0.2, 0) is 9.53 Å². The van der Waals surface area contributed by atoms with Crippen molar-refractivity contribution in [2.45, 2.75) is 101 Å². The van der Waals surface area contributed by atoms with Gasteiger partial charge in [-0.1, -0.05) is 32.1 Å². The number of carbonyl (C=O) groups is 1. The molecular weight excluding hydrogens is 300 g/mol. The highest BCUT2D eigenvalue weighted by atomic mass is 16.5. The van der Waals surface area contributed by atoms with Crippen LogP contribution in [0.1, 0.15) is 77.0 Å². The van der Waals surface area contributed by atoms with Gasteiger partial charge in [0.15, 0.2) is 0 Å². The molecule has 2 aliphatic heterocycles. The van der Waals surface area contributed by atoms with E-state index in [0.29, 0.717) is 12.1 Å². The van der Waals surface area contributed by atoms with E-state index in [1.807, 2.05) is 0 Å². The Kier molecular flexibility index (Phi) is 5.43. The molecule has 4 heteroatoms. The van der Waals surface area contributed by atoms with E-state index >= 15 is 0 Å². The molecule has 0 aromatic rings. The van der Waals surface area contributed by atoms with Crippen molar-refractivity contribution in [1.82, 2.24) is 9.80 Å². The second-order valence-corrected chi connectivity index (χ2v) is 8.41. The molecular formula is C20H34N2O2. The van der Waals surface area contributed by atoms with Gasteiger partial charge >= 0.3 is 0 Å². The van der Waals surface area contributed by atoms with Crippen molar-refractivity contribution in [2.24, 2.45) is 0 Å². The summed E-state index contributed by atoms with van der Waals surface area (Å²) in [5.74, 6) is 0.289. The van der Waals surface area contributed by atoms with Crippen molar-refractivity contribution < 1.29 is 9.53 Å². The Morgan fingerprint density at radius 2 is 1.33 bits per heavy atom. The summed E-state index contributed by atoms with van der Waals surface area (Å²) in [4.78, 5) is 17.5. The molecule has 4 nitrogen and oxygen atoms in total. The third-order valence-corrected chi connectivity index (χ3v) is 6.88. The number of carbonyl (C=O) groups excluding carboxylic acids is 1. The Balaban J connectivity index is 1.23. The zero-order valence-corrected chi connectivity index (χ0v) is 15.1. The molecule has 0 bridgehead atoms. The Labute approximate surface area is 146 Å². The molecule has 0 radical (unpaired) electrons. The lowest BCUT2D eigenvalue weighted by atomic mass is 9.92. The molecule has 0 aromatic heterocycles. The zero-order valence-electron chi connectivity index (χ0n) is 15.1. The normalized spacial score (nSPS) is 32.1. The van der Waals surface area contributed by atoms with Gasteiger partial charge in [-0.25, -0.2) is 0 Å². The quantitative estimate of drug-likeness (QED) is 0.790. The molecule has 24 heavy (non-hydrogen) atoms. The van der Waals surface area contributed by atoms with Crippen LogP contribution in [0, 0.1) is 0 Å². The standard InChI is InChI=1S/C20H34N2O2/c23-20-19(12-15-22(20)17-8-4-5-9-17)24-18-10-13-21(14-11-18)16-6-2-1-3-7-16/h16-19H,1-15H2. The summed E-state index contributed by atoms with van der Waals surface area (Å²) >= 11 is 0. The maximum Gasteiger partial charge on any atom is 0.252 e. The predicted octanol–water partition coefficient (Wildman–Crippen LogP) is 3.34. The topological polar surface area (TPSA) is 32.8 Å². The van der Waals surface area contributed by atoms with Gasteiger partial charge in [0.1, 0.15) is 6.10 Å². The SMILES string of the molecule is O=C1C(OC2CCN(C3CCCCC3)CC2)CCN1C1CCCC1. The molecule has 2 saturated heterocycles. The van der Waals surface area contributed by atoms with Gasteiger partial charge in [0.2, 0.25) is 0 Å². The lowest BCUT2D eigenvalue weighted by Crippen LogP contribution is -2.45. The number of amides is 1. The molecule has 1 unspecified atom stereocenters. The molecule has 136 valence electrons. The number of nitrogens with zero attached hydrogens (tertiary/aromatic N) is 2. The average molecular weight is 335 g/mol. The van der Waals surface area contributed by atoms with E-state index in [-0.39, 0.29) is 12.0 Å². The van der Waals surface area contributed by atoms with E-state index in [4.69, 9.17) is 4.74 Å². The van der Waals surface area contributed by atoms with Crippen LogP contribution in [0.4, 0.5) is 0 Å². The minimum absolute atomic E-state index is 0.142. The number of piperidine rings is 1. The van der Waals surface area contributed by atoms with Crippen LogP contribution in [0.2, 0.25) is 0 Å². The van der Waals surface area contributed by atoms with Gasteiger partial charge in [-0.3, -0.25) is 4.79 Å². The summed E-state index contributed by atoms with van der Waals surface area (Å²) in [5.41, 5.74) is 0. The minimum Gasteiger partial charge on any atom is -0.365 e. The number of hydrogen-bond donors (Lipinski definition) is 0. The summed E-state index contributed by atoms with van der Waals surface area (Å²) in [6.07, 6.45) is 15.3. The van der Waals surface area contributed by atoms with Crippen molar-refractivity contribution in [1.29, 1.82) is 0 Å². The van der Waals surface area contributed by atoms with E-state index in [0.717, 1.165) is 31.8 Å². The summed E-state index contributed by atoms with van der Waals surface area (Å²) in [6.45, 7) is 3.26. The van der Waals surface area contributed by atoms with Crippen LogP contribution in [0.25, 0.3) is 0 Å². The first-order valence-corrected chi connectivity index (χ1v) is 10.5. The van der Waals surface area contributed by atoms with Gasteiger partial charge in [0.25, 0.3) is 5.91 Å². The fourth-order valence-corrected chi connectivity index (χ4v) is 5.44. The average Bonchev–Trinajstić information content (AvgIpc) is 3.27. The summed E-state index contributed by atoms with van der Waals surface area (Å²) in [5, 5.41) is 0. The van der Waals surface area contributed by atoms with Crippen molar-refractivity contribution >= 4 is 5.91 Å². The van der Waals surface area contributed by atoms with Gasteiger partial charge in [0, 0.05) is 38.1 Å². The van der Waals surface area contributed by atoms with Crippen molar-refractivity contribution in [3.63, 3.8) is 0 Å². The van der Waals surface area contributed by atoms with Crippen LogP contribution in [0.5, 0.6) is 0 Å². The highest BCUT2D eigenvalue weighted by Crippen LogP contribution is 2.30. The number of hydrogen-bond acceptors (Lipinski definition) is 3. The number of rotatable bonds is 4. The minimum atomic E-state index is -0.142. The van der Waals surface area contributed by atoms with E-state index in [9.17, 15) is 4.79 Å². The maximum absolute atomic E-state index is 12.7. The maximum atomic E-state index is 12.7. The molecule has 4 fully saturated rings. The summed E-state index contributed by atoms with van der Waals surface area (Å²) in [6, 6.07) is 1.34.